The van der Waals surface area contributed by atoms with Crippen LogP contribution in [0, 0.1) is 0 Å². The van der Waals surface area contributed by atoms with Gasteiger partial charge in [-0.25, -0.2) is 0 Å². The molecule has 0 aliphatic heterocycles. The van der Waals surface area contributed by atoms with Crippen molar-refractivity contribution >= 4 is 37.4 Å². The van der Waals surface area contributed by atoms with Gasteiger partial charge in [-0.05, 0) is 27.8 Å². The molecule has 0 amide bonds. The van der Waals surface area contributed by atoms with Gasteiger partial charge in [-0.15, -0.1) is 0 Å². The molecule has 0 unspecified atom stereocenters. The van der Waals surface area contributed by atoms with Crippen LogP contribution in [0.5, 0.6) is 0 Å². The molecule has 0 spiro atoms. The molecule has 0 N–H and O–H groups in total. The largest absolute Gasteiger partial charge is 0.0886 e. The summed E-state index contributed by atoms with van der Waals surface area (Å²) in [5, 5.41) is 0. The molecule has 2 heteroatoms. The van der Waals surface area contributed by atoms with Crippen LogP contribution in [-0.4, -0.2) is 3.74 Å². The van der Waals surface area contributed by atoms with Gasteiger partial charge in [-0.3, -0.25) is 0 Å². The Morgan fingerprint density at radius 1 is 0.706 bits per heavy atom. The van der Waals surface area contributed by atoms with E-state index in [0.717, 1.165) is 0 Å². The van der Waals surface area contributed by atoms with Crippen LogP contribution in [0.3, 0.4) is 0 Å². The highest BCUT2D eigenvalue weighted by atomic mass is 79.9. The summed E-state index contributed by atoms with van der Waals surface area (Å²) in [6, 6.07) is 17.1. The lowest BCUT2D eigenvalue weighted by Crippen LogP contribution is -1.85. The van der Waals surface area contributed by atoms with E-state index in [0.29, 0.717) is 0 Å². The second kappa shape index (κ2) is 4.43. The van der Waals surface area contributed by atoms with E-state index in [2.05, 4.69) is 86.5 Å². The first-order valence-corrected chi connectivity index (χ1v) is 7.29. The minimum absolute atomic E-state index is 0.198. The van der Waals surface area contributed by atoms with Crippen LogP contribution in [0.4, 0.5) is 0 Å². The molecule has 0 nitrogen and oxygen atoms in total. The molecular weight excluding hydrogens is 340 g/mol. The minimum atomic E-state index is 0.198. The number of rotatable bonds is 1. The molecule has 0 atom stereocenters. The zero-order chi connectivity index (χ0) is 11.8. The quantitative estimate of drug-likeness (QED) is 0.529. The van der Waals surface area contributed by atoms with Crippen molar-refractivity contribution in [3.63, 3.8) is 0 Å². The third kappa shape index (κ3) is 1.90. The second-order valence-electron chi connectivity index (χ2n) is 4.01. The van der Waals surface area contributed by atoms with Crippen molar-refractivity contribution in [2.45, 2.75) is 3.74 Å². The lowest BCUT2D eigenvalue weighted by atomic mass is 10.0. The van der Waals surface area contributed by atoms with Gasteiger partial charge in [0.1, 0.15) is 0 Å². The number of hydrogen-bond donors (Lipinski definition) is 0. The fourth-order valence-corrected chi connectivity index (χ4v) is 2.88. The van der Waals surface area contributed by atoms with Gasteiger partial charge in [-0.2, -0.15) is 0 Å². The number of allylic oxidation sites excluding steroid dienone is 1. The molecule has 0 radical (unpaired) electrons. The molecule has 0 saturated carbocycles. The second-order valence-corrected chi connectivity index (χ2v) is 7.21. The zero-order valence-electron chi connectivity index (χ0n) is 9.03. The maximum atomic E-state index is 3.53. The summed E-state index contributed by atoms with van der Waals surface area (Å²) in [6.45, 7) is 0. The summed E-state index contributed by atoms with van der Waals surface area (Å²) >= 11 is 7.06. The molecule has 2 aromatic carbocycles. The first-order valence-electron chi connectivity index (χ1n) is 5.46. The summed E-state index contributed by atoms with van der Waals surface area (Å²) in [7, 11) is 0. The van der Waals surface area contributed by atoms with Crippen LogP contribution >= 0.6 is 31.9 Å². The van der Waals surface area contributed by atoms with Crippen molar-refractivity contribution < 1.29 is 0 Å². The topological polar surface area (TPSA) is 0 Å². The van der Waals surface area contributed by atoms with Gasteiger partial charge < -0.3 is 0 Å². The van der Waals surface area contributed by atoms with E-state index in [9.17, 15) is 0 Å². The molecule has 0 aromatic heterocycles. The van der Waals surface area contributed by atoms with Crippen molar-refractivity contribution in [3.8, 4) is 11.1 Å². The predicted molar refractivity (Wildman–Crippen MR) is 80.6 cm³/mol. The molecule has 84 valence electrons. The fourth-order valence-electron chi connectivity index (χ4n) is 2.36. The molecule has 1 aliphatic carbocycles. The van der Waals surface area contributed by atoms with Gasteiger partial charge in [0.25, 0.3) is 0 Å². The average Bonchev–Trinajstić information content (AvgIpc) is 2.65. The van der Waals surface area contributed by atoms with Crippen LogP contribution in [-0.2, 0) is 0 Å². The Hall–Kier alpha value is -0.860. The van der Waals surface area contributed by atoms with Crippen LogP contribution in [0.25, 0.3) is 16.7 Å². The molecular formula is C15H10Br2. The summed E-state index contributed by atoms with van der Waals surface area (Å²) < 4.78 is 0.198. The van der Waals surface area contributed by atoms with E-state index in [4.69, 9.17) is 0 Å². The van der Waals surface area contributed by atoms with Crippen molar-refractivity contribution in [1.29, 1.82) is 0 Å². The third-order valence-electron chi connectivity index (χ3n) is 3.02. The minimum Gasteiger partial charge on any atom is -0.0718 e. The Kier molecular flexibility index (Phi) is 2.93. The summed E-state index contributed by atoms with van der Waals surface area (Å²) in [4.78, 5) is 0. The fraction of sp³-hybridized carbons (Fsp3) is 0.0667. The van der Waals surface area contributed by atoms with E-state index in [1.807, 2.05) is 0 Å². The molecule has 1 aliphatic rings. The normalized spacial score (nSPS) is 12.5. The van der Waals surface area contributed by atoms with Gasteiger partial charge in [0.15, 0.2) is 0 Å². The summed E-state index contributed by atoms with van der Waals surface area (Å²) in [5.41, 5.74) is 6.59. The number of benzene rings is 2. The number of halogens is 2. The first-order chi connectivity index (χ1) is 8.27. The number of hydrogen-bond acceptors (Lipinski definition) is 0. The van der Waals surface area contributed by atoms with Crippen LogP contribution < -0.4 is 0 Å². The van der Waals surface area contributed by atoms with Gasteiger partial charge >= 0.3 is 0 Å². The Balaban J connectivity index is 2.31. The molecule has 17 heavy (non-hydrogen) atoms. The average molecular weight is 350 g/mol. The molecule has 0 fully saturated rings. The Morgan fingerprint density at radius 2 is 1.12 bits per heavy atom. The Morgan fingerprint density at radius 3 is 1.53 bits per heavy atom. The number of fused-ring (bicyclic) bond motifs is 3. The Bertz CT molecular complexity index is 550. The van der Waals surface area contributed by atoms with Crippen LogP contribution in [0.15, 0.2) is 54.6 Å². The Labute approximate surface area is 118 Å². The molecule has 0 saturated heterocycles. The van der Waals surface area contributed by atoms with E-state index < -0.39 is 0 Å². The van der Waals surface area contributed by atoms with Gasteiger partial charge in [-0.1, -0.05) is 86.5 Å². The molecule has 2 aromatic rings. The maximum Gasteiger partial charge on any atom is 0.0886 e. The van der Waals surface area contributed by atoms with E-state index in [1.54, 1.807) is 0 Å². The zero-order valence-corrected chi connectivity index (χ0v) is 12.2. The highest BCUT2D eigenvalue weighted by molar-refractivity contribution is 9.24. The van der Waals surface area contributed by atoms with Crippen molar-refractivity contribution in [1.82, 2.24) is 0 Å². The van der Waals surface area contributed by atoms with Crippen molar-refractivity contribution in [2.75, 3.05) is 0 Å². The lowest BCUT2D eigenvalue weighted by Gasteiger charge is -2.03. The van der Waals surface area contributed by atoms with Gasteiger partial charge in [0.2, 0.25) is 0 Å². The standard InChI is InChI=1S/C15H10Br2/c16-15(17)9-14-12-7-3-1-5-10(12)11-6-2-4-8-13(11)14/h1-9,15H. The SMILES string of the molecule is BrC(Br)C=C1c2ccccc2-c2ccccc21. The molecule has 3 rings (SSSR count). The predicted octanol–water partition coefficient (Wildman–Crippen LogP) is 5.21. The van der Waals surface area contributed by atoms with Crippen LogP contribution in [0.1, 0.15) is 11.1 Å². The number of alkyl halides is 2. The lowest BCUT2D eigenvalue weighted by molar-refractivity contribution is 1.62. The van der Waals surface area contributed by atoms with Gasteiger partial charge in [0, 0.05) is 0 Å². The highest BCUT2D eigenvalue weighted by Crippen LogP contribution is 2.44. The molecule has 0 heterocycles. The van der Waals surface area contributed by atoms with E-state index >= 15 is 0 Å². The van der Waals surface area contributed by atoms with Crippen molar-refractivity contribution in [2.24, 2.45) is 0 Å². The van der Waals surface area contributed by atoms with E-state index in [1.165, 1.54) is 27.8 Å². The monoisotopic (exact) mass is 348 g/mol. The van der Waals surface area contributed by atoms with Crippen LogP contribution in [0.2, 0.25) is 0 Å². The van der Waals surface area contributed by atoms with E-state index in [-0.39, 0.29) is 3.74 Å². The van der Waals surface area contributed by atoms with Crippen molar-refractivity contribution in [3.05, 3.63) is 65.7 Å². The summed E-state index contributed by atoms with van der Waals surface area (Å²) in [6.07, 6.45) is 2.20. The summed E-state index contributed by atoms with van der Waals surface area (Å²) in [5.74, 6) is 0. The maximum absolute atomic E-state index is 3.53. The first kappa shape index (κ1) is 11.2. The highest BCUT2D eigenvalue weighted by Gasteiger charge is 2.22. The third-order valence-corrected chi connectivity index (χ3v) is 3.55. The molecule has 0 bridgehead atoms. The smallest absolute Gasteiger partial charge is 0.0718 e. The van der Waals surface area contributed by atoms with Gasteiger partial charge in [0.05, 0.1) is 3.74 Å².